The minimum atomic E-state index is -0.889. The molecule has 0 aliphatic rings. The Morgan fingerprint density at radius 2 is 1.83 bits per heavy atom. The van der Waals surface area contributed by atoms with Gasteiger partial charge in [0.05, 0.1) is 0 Å². The largest absolute Gasteiger partial charge is 0.480 e. The van der Waals surface area contributed by atoms with Crippen LogP contribution in [0.5, 0.6) is 0 Å². The fraction of sp³-hybridized carbons (Fsp3) is 0.889. The van der Waals surface area contributed by atoms with Gasteiger partial charge in [0.15, 0.2) is 0 Å². The lowest BCUT2D eigenvalue weighted by Crippen LogP contribution is -2.29. The van der Waals surface area contributed by atoms with Gasteiger partial charge in [0, 0.05) is 0 Å². The van der Waals surface area contributed by atoms with Gasteiger partial charge in [-0.05, 0) is 12.3 Å². The molecule has 3 nitrogen and oxygen atoms in total. The smallest absolute Gasteiger partial charge is 0.320 e. The molecule has 0 saturated carbocycles. The Morgan fingerprint density at radius 3 is 2.25 bits per heavy atom. The average molecular weight is 173 g/mol. The van der Waals surface area contributed by atoms with Gasteiger partial charge >= 0.3 is 5.97 Å². The topological polar surface area (TPSA) is 63.3 Å². The first-order valence-corrected chi connectivity index (χ1v) is 4.52. The summed E-state index contributed by atoms with van der Waals surface area (Å²) >= 11 is 0. The lowest BCUT2D eigenvalue weighted by molar-refractivity contribution is -0.138. The van der Waals surface area contributed by atoms with Crippen molar-refractivity contribution < 1.29 is 9.90 Å². The number of hydrogen-bond acceptors (Lipinski definition) is 2. The van der Waals surface area contributed by atoms with E-state index in [0.29, 0.717) is 12.3 Å². The zero-order valence-electron chi connectivity index (χ0n) is 7.92. The number of carboxylic acid groups (broad SMARTS) is 1. The second-order valence-corrected chi connectivity index (χ2v) is 3.62. The van der Waals surface area contributed by atoms with Crippen molar-refractivity contribution in [2.75, 3.05) is 0 Å². The summed E-state index contributed by atoms with van der Waals surface area (Å²) in [5, 5.41) is 8.47. The van der Waals surface area contributed by atoms with Gasteiger partial charge < -0.3 is 10.8 Å². The molecule has 12 heavy (non-hydrogen) atoms. The fourth-order valence-electron chi connectivity index (χ4n) is 1.04. The summed E-state index contributed by atoms with van der Waals surface area (Å²) in [6.45, 7) is 4.33. The van der Waals surface area contributed by atoms with Crippen LogP contribution in [-0.2, 0) is 4.79 Å². The van der Waals surface area contributed by atoms with Crippen molar-refractivity contribution in [3.05, 3.63) is 0 Å². The molecule has 0 aliphatic carbocycles. The van der Waals surface area contributed by atoms with E-state index in [0.717, 1.165) is 19.3 Å². The molecule has 0 spiro atoms. The predicted molar refractivity (Wildman–Crippen MR) is 48.9 cm³/mol. The summed E-state index contributed by atoms with van der Waals surface area (Å²) in [6.07, 6.45) is 3.76. The van der Waals surface area contributed by atoms with Crippen LogP contribution in [0.25, 0.3) is 0 Å². The highest BCUT2D eigenvalue weighted by Gasteiger charge is 2.09. The molecule has 0 aromatic carbocycles. The van der Waals surface area contributed by atoms with Crippen LogP contribution in [0.4, 0.5) is 0 Å². The zero-order chi connectivity index (χ0) is 9.56. The number of nitrogens with two attached hydrogens (primary N) is 1. The molecule has 0 bridgehead atoms. The van der Waals surface area contributed by atoms with Crippen LogP contribution in [0, 0.1) is 5.92 Å². The summed E-state index contributed by atoms with van der Waals surface area (Å²) in [5.74, 6) is -0.189. The van der Waals surface area contributed by atoms with Gasteiger partial charge in [0.2, 0.25) is 0 Å². The van der Waals surface area contributed by atoms with E-state index in [1.807, 2.05) is 0 Å². The van der Waals surface area contributed by atoms with Crippen molar-refractivity contribution >= 4 is 5.97 Å². The average Bonchev–Trinajstić information content (AvgIpc) is 1.97. The predicted octanol–water partition coefficient (Wildman–Crippen LogP) is 1.61. The third-order valence-electron chi connectivity index (χ3n) is 1.86. The van der Waals surface area contributed by atoms with E-state index in [-0.39, 0.29) is 0 Å². The molecule has 0 amide bonds. The van der Waals surface area contributed by atoms with Crippen molar-refractivity contribution in [1.29, 1.82) is 0 Å². The summed E-state index contributed by atoms with van der Waals surface area (Å²) in [4.78, 5) is 10.3. The molecule has 0 radical (unpaired) electrons. The lowest BCUT2D eigenvalue weighted by atomic mass is 10.0. The third kappa shape index (κ3) is 6.16. The first kappa shape index (κ1) is 11.4. The van der Waals surface area contributed by atoms with Crippen LogP contribution < -0.4 is 5.73 Å². The van der Waals surface area contributed by atoms with Crippen LogP contribution in [0.2, 0.25) is 0 Å². The van der Waals surface area contributed by atoms with Crippen molar-refractivity contribution in [1.82, 2.24) is 0 Å². The summed E-state index contributed by atoms with van der Waals surface area (Å²) < 4.78 is 0. The van der Waals surface area contributed by atoms with Gasteiger partial charge in [-0.2, -0.15) is 0 Å². The van der Waals surface area contributed by atoms with Crippen LogP contribution in [-0.4, -0.2) is 17.1 Å². The standard InChI is InChI=1S/C9H19NO2/c1-7(2)5-3-4-6-8(10)9(11)12/h7-8H,3-6,10H2,1-2H3,(H,11,12). The van der Waals surface area contributed by atoms with E-state index in [9.17, 15) is 4.79 Å². The normalized spacial score (nSPS) is 13.3. The first-order chi connectivity index (χ1) is 5.54. The number of hydrogen-bond donors (Lipinski definition) is 2. The van der Waals surface area contributed by atoms with Gasteiger partial charge in [-0.3, -0.25) is 4.79 Å². The summed E-state index contributed by atoms with van der Waals surface area (Å²) in [5.41, 5.74) is 5.33. The SMILES string of the molecule is CC(C)CCCCC(N)C(=O)O. The van der Waals surface area contributed by atoms with Gasteiger partial charge in [0.25, 0.3) is 0 Å². The Labute approximate surface area is 74.0 Å². The number of unbranched alkanes of at least 4 members (excludes halogenated alkanes) is 1. The van der Waals surface area contributed by atoms with Crippen LogP contribution in [0.3, 0.4) is 0 Å². The van der Waals surface area contributed by atoms with Crippen LogP contribution >= 0.6 is 0 Å². The van der Waals surface area contributed by atoms with Gasteiger partial charge in [-0.25, -0.2) is 0 Å². The Kier molecular flexibility index (Phi) is 5.72. The molecule has 0 aromatic heterocycles. The van der Waals surface area contributed by atoms with E-state index in [1.54, 1.807) is 0 Å². The highest BCUT2D eigenvalue weighted by atomic mass is 16.4. The molecule has 3 heteroatoms. The second-order valence-electron chi connectivity index (χ2n) is 3.62. The van der Waals surface area contributed by atoms with Crippen LogP contribution in [0.1, 0.15) is 39.5 Å². The number of rotatable bonds is 6. The van der Waals surface area contributed by atoms with E-state index < -0.39 is 12.0 Å². The summed E-state index contributed by atoms with van der Waals surface area (Å²) in [7, 11) is 0. The van der Waals surface area contributed by atoms with Crippen LogP contribution in [0.15, 0.2) is 0 Å². The van der Waals surface area contributed by atoms with Gasteiger partial charge in [-0.15, -0.1) is 0 Å². The summed E-state index contributed by atoms with van der Waals surface area (Å²) in [6, 6.07) is -0.669. The molecule has 0 aromatic rings. The molecule has 0 rings (SSSR count). The molecule has 0 saturated heterocycles. The highest BCUT2D eigenvalue weighted by Crippen LogP contribution is 2.08. The van der Waals surface area contributed by atoms with Gasteiger partial charge in [0.1, 0.15) is 6.04 Å². The first-order valence-electron chi connectivity index (χ1n) is 4.52. The van der Waals surface area contributed by atoms with E-state index in [2.05, 4.69) is 13.8 Å². The van der Waals surface area contributed by atoms with Crippen molar-refractivity contribution in [3.63, 3.8) is 0 Å². The van der Waals surface area contributed by atoms with E-state index >= 15 is 0 Å². The van der Waals surface area contributed by atoms with E-state index in [1.165, 1.54) is 0 Å². The molecule has 0 aliphatic heterocycles. The van der Waals surface area contributed by atoms with Crippen molar-refractivity contribution in [2.45, 2.75) is 45.6 Å². The quantitative estimate of drug-likeness (QED) is 0.600. The molecular weight excluding hydrogens is 154 g/mol. The van der Waals surface area contributed by atoms with E-state index in [4.69, 9.17) is 10.8 Å². The maximum absolute atomic E-state index is 10.3. The number of carboxylic acids is 1. The lowest BCUT2D eigenvalue weighted by Gasteiger charge is -2.06. The molecule has 0 heterocycles. The monoisotopic (exact) mass is 173 g/mol. The maximum Gasteiger partial charge on any atom is 0.320 e. The third-order valence-corrected chi connectivity index (χ3v) is 1.86. The number of aliphatic carboxylic acids is 1. The minimum absolute atomic E-state index is 0.599. The maximum atomic E-state index is 10.3. The Morgan fingerprint density at radius 1 is 1.33 bits per heavy atom. The molecule has 1 unspecified atom stereocenters. The Bertz CT molecular complexity index is 134. The molecule has 72 valence electrons. The molecule has 1 atom stereocenters. The van der Waals surface area contributed by atoms with Crippen molar-refractivity contribution in [2.24, 2.45) is 11.7 Å². The minimum Gasteiger partial charge on any atom is -0.480 e. The molecule has 3 N–H and O–H groups in total. The van der Waals surface area contributed by atoms with Crippen molar-refractivity contribution in [3.8, 4) is 0 Å². The Hall–Kier alpha value is -0.570. The number of carbonyl (C=O) groups is 1. The highest BCUT2D eigenvalue weighted by molar-refractivity contribution is 5.72. The second kappa shape index (κ2) is 6.00. The Balaban J connectivity index is 3.25. The fourth-order valence-corrected chi connectivity index (χ4v) is 1.04. The molecule has 0 fully saturated rings. The molecular formula is C9H19NO2. The van der Waals surface area contributed by atoms with Gasteiger partial charge in [-0.1, -0.05) is 33.1 Å². The zero-order valence-corrected chi connectivity index (χ0v) is 7.92.